The van der Waals surface area contributed by atoms with Crippen molar-refractivity contribution in [3.8, 4) is 0 Å². The summed E-state index contributed by atoms with van der Waals surface area (Å²) in [5.74, 6) is 0.452. The number of nitrogens with zero attached hydrogens (tertiary/aromatic N) is 2. The molecule has 2 saturated heterocycles. The van der Waals surface area contributed by atoms with Gasteiger partial charge in [-0.25, -0.2) is 4.79 Å². The van der Waals surface area contributed by atoms with E-state index in [0.717, 1.165) is 23.9 Å². The maximum Gasteiger partial charge on any atom is 0.317 e. The molecule has 3 rings (SSSR count). The highest BCUT2D eigenvalue weighted by Crippen LogP contribution is 2.22. The Morgan fingerprint density at radius 1 is 1.04 bits per heavy atom. The van der Waals surface area contributed by atoms with E-state index in [2.05, 4.69) is 48.3 Å². The molecule has 0 aliphatic carbocycles. The summed E-state index contributed by atoms with van der Waals surface area (Å²) in [6, 6.07) is 8.38. The highest BCUT2D eigenvalue weighted by Gasteiger charge is 2.26. The van der Waals surface area contributed by atoms with Gasteiger partial charge in [0.1, 0.15) is 0 Å². The Morgan fingerprint density at radius 2 is 1.61 bits per heavy atom. The van der Waals surface area contributed by atoms with E-state index < -0.39 is 5.97 Å². The number of carboxylic acids is 1. The van der Waals surface area contributed by atoms with Crippen molar-refractivity contribution in [2.45, 2.75) is 46.2 Å². The van der Waals surface area contributed by atoms with Crippen molar-refractivity contribution in [3.63, 3.8) is 0 Å². The van der Waals surface area contributed by atoms with Gasteiger partial charge in [0.2, 0.25) is 0 Å². The van der Waals surface area contributed by atoms with Crippen LogP contribution in [0.3, 0.4) is 0 Å². The molecule has 2 heterocycles. The molecule has 0 saturated carbocycles. The molecule has 2 amide bonds. The summed E-state index contributed by atoms with van der Waals surface area (Å²) in [7, 11) is 0. The van der Waals surface area contributed by atoms with E-state index in [1.54, 1.807) is 4.90 Å². The average Bonchev–Trinajstić information content (AvgIpc) is 2.66. The van der Waals surface area contributed by atoms with E-state index in [9.17, 15) is 9.59 Å². The van der Waals surface area contributed by atoms with E-state index >= 15 is 0 Å². The molecule has 2 fully saturated rings. The smallest absolute Gasteiger partial charge is 0.317 e. The maximum atomic E-state index is 12.3. The van der Waals surface area contributed by atoms with Crippen LogP contribution >= 0.6 is 0 Å². The average molecular weight is 388 g/mol. The predicted octanol–water partition coefficient (Wildman–Crippen LogP) is 3.17. The molecule has 2 aliphatic rings. The molecule has 6 nitrogen and oxygen atoms in total. The number of amides is 2. The molecule has 2 aliphatic heterocycles. The minimum absolute atomic E-state index is 0.107. The Labute approximate surface area is 167 Å². The number of carbonyl (C=O) groups is 2. The van der Waals surface area contributed by atoms with Gasteiger partial charge in [-0.2, -0.15) is 0 Å². The fourth-order valence-electron chi connectivity index (χ4n) is 4.56. The zero-order valence-corrected chi connectivity index (χ0v) is 17.1. The van der Waals surface area contributed by atoms with E-state index in [4.69, 9.17) is 5.11 Å². The van der Waals surface area contributed by atoms with Crippen LogP contribution in [-0.2, 0) is 17.9 Å². The molecule has 154 valence electrons. The minimum atomic E-state index is -0.756. The molecular weight excluding hydrogens is 354 g/mol. The molecular formula is C22H33N3O3. The molecule has 28 heavy (non-hydrogen) atoms. The summed E-state index contributed by atoms with van der Waals surface area (Å²) < 4.78 is 0. The summed E-state index contributed by atoms with van der Waals surface area (Å²) >= 11 is 0. The van der Waals surface area contributed by atoms with E-state index in [1.807, 2.05) is 0 Å². The van der Waals surface area contributed by atoms with Gasteiger partial charge in [0.25, 0.3) is 0 Å². The van der Waals surface area contributed by atoms with Crippen LogP contribution < -0.4 is 5.32 Å². The fourth-order valence-corrected chi connectivity index (χ4v) is 4.56. The minimum Gasteiger partial charge on any atom is -0.481 e. The van der Waals surface area contributed by atoms with Crippen molar-refractivity contribution in [1.82, 2.24) is 15.1 Å². The third kappa shape index (κ3) is 5.71. The Balaban J connectivity index is 1.43. The lowest BCUT2D eigenvalue weighted by Crippen LogP contribution is -2.45. The molecule has 1 aromatic carbocycles. The molecule has 2 atom stereocenters. The SMILES string of the molecule is CC1CC(C)CN(Cc2ccc(CNC(=O)N3CCC(C(=O)O)CC3)cc2)C1. The van der Waals surface area contributed by atoms with Crippen LogP contribution in [0.2, 0.25) is 0 Å². The highest BCUT2D eigenvalue weighted by atomic mass is 16.4. The van der Waals surface area contributed by atoms with E-state index in [1.165, 1.54) is 25.1 Å². The Kier molecular flexibility index (Phi) is 6.94. The first-order valence-electron chi connectivity index (χ1n) is 10.5. The Bertz CT molecular complexity index is 658. The van der Waals surface area contributed by atoms with Crippen molar-refractivity contribution < 1.29 is 14.7 Å². The third-order valence-electron chi connectivity index (χ3n) is 5.95. The fraction of sp³-hybridized carbons (Fsp3) is 0.636. The number of aliphatic carboxylic acids is 1. The Hall–Kier alpha value is -2.08. The van der Waals surface area contributed by atoms with Crippen LogP contribution in [0, 0.1) is 17.8 Å². The van der Waals surface area contributed by atoms with Crippen molar-refractivity contribution in [2.75, 3.05) is 26.2 Å². The first-order chi connectivity index (χ1) is 13.4. The van der Waals surface area contributed by atoms with Crippen molar-refractivity contribution in [1.29, 1.82) is 0 Å². The van der Waals surface area contributed by atoms with E-state index in [-0.39, 0.29) is 11.9 Å². The van der Waals surface area contributed by atoms with Crippen molar-refractivity contribution in [2.24, 2.45) is 17.8 Å². The van der Waals surface area contributed by atoms with Crippen LogP contribution in [0.4, 0.5) is 4.79 Å². The molecule has 2 unspecified atom stereocenters. The quantitative estimate of drug-likeness (QED) is 0.814. The Morgan fingerprint density at radius 3 is 2.18 bits per heavy atom. The number of hydrogen-bond acceptors (Lipinski definition) is 3. The molecule has 0 aromatic heterocycles. The second-order valence-electron chi connectivity index (χ2n) is 8.71. The zero-order valence-electron chi connectivity index (χ0n) is 17.1. The lowest BCUT2D eigenvalue weighted by molar-refractivity contribution is -0.143. The van der Waals surface area contributed by atoms with Gasteiger partial charge in [-0.3, -0.25) is 9.69 Å². The van der Waals surface area contributed by atoms with Gasteiger partial charge in [0.15, 0.2) is 0 Å². The summed E-state index contributed by atoms with van der Waals surface area (Å²) in [6.07, 6.45) is 2.39. The lowest BCUT2D eigenvalue weighted by Gasteiger charge is -2.35. The second-order valence-corrected chi connectivity index (χ2v) is 8.71. The first-order valence-corrected chi connectivity index (χ1v) is 10.5. The zero-order chi connectivity index (χ0) is 20.1. The molecule has 2 N–H and O–H groups in total. The van der Waals surface area contributed by atoms with Crippen LogP contribution in [0.25, 0.3) is 0 Å². The molecule has 1 aromatic rings. The van der Waals surface area contributed by atoms with Gasteiger partial charge in [-0.15, -0.1) is 0 Å². The third-order valence-corrected chi connectivity index (χ3v) is 5.95. The number of piperidine rings is 2. The summed E-state index contributed by atoms with van der Waals surface area (Å²) in [5, 5.41) is 12.0. The monoisotopic (exact) mass is 387 g/mol. The summed E-state index contributed by atoms with van der Waals surface area (Å²) in [6.45, 7) is 9.50. The van der Waals surface area contributed by atoms with Crippen molar-refractivity contribution in [3.05, 3.63) is 35.4 Å². The van der Waals surface area contributed by atoms with Gasteiger partial charge < -0.3 is 15.3 Å². The van der Waals surface area contributed by atoms with E-state index in [0.29, 0.717) is 32.5 Å². The number of urea groups is 1. The number of rotatable bonds is 5. The normalized spacial score (nSPS) is 24.1. The number of benzene rings is 1. The van der Waals surface area contributed by atoms with Gasteiger partial charge in [0, 0.05) is 39.3 Å². The summed E-state index contributed by atoms with van der Waals surface area (Å²) in [4.78, 5) is 27.6. The molecule has 0 bridgehead atoms. The molecule has 0 spiro atoms. The standard InChI is InChI=1S/C22H33N3O3/c1-16-11-17(2)14-24(13-16)15-19-5-3-18(4-6-19)12-23-22(28)25-9-7-20(8-10-25)21(26)27/h3-6,16-17,20H,7-15H2,1-2H3,(H,23,28)(H,26,27). The van der Waals surface area contributed by atoms with Crippen LogP contribution in [0.1, 0.15) is 44.2 Å². The number of carbonyl (C=O) groups excluding carboxylic acids is 1. The number of likely N-dealkylation sites (tertiary alicyclic amines) is 2. The van der Waals surface area contributed by atoms with Gasteiger partial charge in [-0.1, -0.05) is 38.1 Å². The van der Waals surface area contributed by atoms with Gasteiger partial charge in [-0.05, 0) is 42.2 Å². The second kappa shape index (κ2) is 9.41. The van der Waals surface area contributed by atoms with Gasteiger partial charge >= 0.3 is 12.0 Å². The number of carboxylic acid groups (broad SMARTS) is 1. The number of nitrogens with one attached hydrogen (secondary N) is 1. The van der Waals surface area contributed by atoms with Crippen molar-refractivity contribution >= 4 is 12.0 Å². The van der Waals surface area contributed by atoms with Crippen LogP contribution in [0.15, 0.2) is 24.3 Å². The topological polar surface area (TPSA) is 72.9 Å². The largest absolute Gasteiger partial charge is 0.481 e. The predicted molar refractivity (Wildman–Crippen MR) is 109 cm³/mol. The van der Waals surface area contributed by atoms with Crippen LogP contribution in [-0.4, -0.2) is 53.1 Å². The maximum absolute atomic E-state index is 12.3. The molecule has 6 heteroatoms. The first kappa shape index (κ1) is 20.6. The number of hydrogen-bond donors (Lipinski definition) is 2. The molecule has 0 radical (unpaired) electrons. The highest BCUT2D eigenvalue weighted by molar-refractivity contribution is 5.75. The lowest BCUT2D eigenvalue weighted by atomic mass is 9.91. The summed E-state index contributed by atoms with van der Waals surface area (Å²) in [5.41, 5.74) is 2.39. The van der Waals surface area contributed by atoms with Crippen LogP contribution in [0.5, 0.6) is 0 Å². The van der Waals surface area contributed by atoms with Gasteiger partial charge in [0.05, 0.1) is 5.92 Å².